The van der Waals surface area contributed by atoms with Crippen molar-refractivity contribution >= 4 is 17.4 Å². The van der Waals surface area contributed by atoms with Crippen LogP contribution < -0.4 is 5.32 Å². The lowest BCUT2D eigenvalue weighted by Crippen LogP contribution is -2.29. The van der Waals surface area contributed by atoms with E-state index in [2.05, 4.69) is 5.32 Å². The first-order chi connectivity index (χ1) is 12.1. The lowest BCUT2D eigenvalue weighted by atomic mass is 9.83. The topological polar surface area (TPSA) is 47.6 Å². The molecule has 1 N–H and O–H groups in total. The van der Waals surface area contributed by atoms with E-state index in [0.717, 1.165) is 25.1 Å². The quantitative estimate of drug-likeness (QED) is 0.755. The van der Waals surface area contributed by atoms with Crippen molar-refractivity contribution in [2.24, 2.45) is 11.8 Å². The van der Waals surface area contributed by atoms with Crippen molar-refractivity contribution in [3.05, 3.63) is 34.6 Å². The first kappa shape index (κ1) is 20.3. The Morgan fingerprint density at radius 2 is 2.32 bits per heavy atom. The normalized spacial score (nSPS) is 22.4. The summed E-state index contributed by atoms with van der Waals surface area (Å²) in [7, 11) is 1.60. The Balaban J connectivity index is 2.15. The summed E-state index contributed by atoms with van der Waals surface area (Å²) in [6.45, 7) is 4.51. The summed E-state index contributed by atoms with van der Waals surface area (Å²) >= 11 is 5.80. The molecular formula is C19H27ClFNO3. The van der Waals surface area contributed by atoms with Crippen molar-refractivity contribution in [2.75, 3.05) is 33.4 Å². The molecule has 3 atom stereocenters. The molecule has 1 fully saturated rings. The number of carbonyl (C=O) groups excluding carboxylic acids is 1. The van der Waals surface area contributed by atoms with Crippen LogP contribution in [0.25, 0.3) is 0 Å². The van der Waals surface area contributed by atoms with E-state index >= 15 is 0 Å². The number of halogens is 2. The second-order valence-corrected chi connectivity index (χ2v) is 6.89. The summed E-state index contributed by atoms with van der Waals surface area (Å²) in [6.07, 6.45) is 1.67. The minimum Gasteiger partial charge on any atom is -0.384 e. The van der Waals surface area contributed by atoms with Crippen molar-refractivity contribution in [3.63, 3.8) is 0 Å². The fraction of sp³-hybridized carbons (Fsp3) is 0.632. The van der Waals surface area contributed by atoms with Gasteiger partial charge in [0.1, 0.15) is 11.6 Å². The second-order valence-electron chi connectivity index (χ2n) is 6.48. The number of ether oxygens (including phenoxy) is 2. The fourth-order valence-corrected chi connectivity index (χ4v) is 3.47. The Kier molecular flexibility index (Phi) is 8.30. The molecule has 2 rings (SSSR count). The van der Waals surface area contributed by atoms with E-state index in [4.69, 9.17) is 21.1 Å². The van der Waals surface area contributed by atoms with E-state index in [9.17, 15) is 9.18 Å². The second kappa shape index (κ2) is 10.2. The van der Waals surface area contributed by atoms with E-state index in [1.54, 1.807) is 13.2 Å². The number of rotatable bonds is 8. The molecule has 1 aromatic rings. The van der Waals surface area contributed by atoms with Crippen LogP contribution in [0.2, 0.25) is 5.02 Å². The predicted molar refractivity (Wildman–Crippen MR) is 96.4 cm³/mol. The van der Waals surface area contributed by atoms with Crippen LogP contribution in [0.4, 0.5) is 4.39 Å². The van der Waals surface area contributed by atoms with Crippen molar-refractivity contribution in [2.45, 2.75) is 32.3 Å². The Labute approximate surface area is 154 Å². The van der Waals surface area contributed by atoms with Gasteiger partial charge in [0.15, 0.2) is 0 Å². The Hall–Kier alpha value is -1.01. The third-order valence-electron chi connectivity index (χ3n) is 4.77. The molecule has 1 aliphatic heterocycles. The van der Waals surface area contributed by atoms with E-state index in [1.165, 1.54) is 6.07 Å². The number of ketones is 1. The zero-order valence-corrected chi connectivity index (χ0v) is 15.7. The molecule has 1 aromatic carbocycles. The highest BCUT2D eigenvalue weighted by atomic mass is 35.5. The van der Waals surface area contributed by atoms with Crippen molar-refractivity contribution in [3.8, 4) is 0 Å². The molecule has 1 aliphatic rings. The van der Waals surface area contributed by atoms with Gasteiger partial charge in [0.05, 0.1) is 24.3 Å². The summed E-state index contributed by atoms with van der Waals surface area (Å²) in [5.41, 5.74) is 0.773. The average molecular weight is 372 g/mol. The minimum absolute atomic E-state index is 0.0386. The molecule has 0 spiro atoms. The number of hydrogen-bond donors (Lipinski definition) is 1. The van der Waals surface area contributed by atoms with Gasteiger partial charge in [-0.25, -0.2) is 4.39 Å². The van der Waals surface area contributed by atoms with E-state index in [1.807, 2.05) is 13.0 Å². The Bertz CT molecular complexity index is 570. The number of benzene rings is 1. The average Bonchev–Trinajstić information content (AvgIpc) is 2.85. The lowest BCUT2D eigenvalue weighted by molar-refractivity contribution is -0.124. The molecule has 1 saturated heterocycles. The van der Waals surface area contributed by atoms with Gasteiger partial charge in [-0.1, -0.05) is 24.6 Å². The zero-order chi connectivity index (χ0) is 18.2. The van der Waals surface area contributed by atoms with Crippen molar-refractivity contribution < 1.29 is 18.7 Å². The van der Waals surface area contributed by atoms with E-state index < -0.39 is 5.82 Å². The standard InChI is InChI=1S/C19H27ClFNO3/c1-3-13(18(23)6-8-24-2)10-15-12-22-7-9-25-19(15)14-4-5-16(20)17(21)11-14/h4-5,11,13,15,19,22H,3,6-10,12H2,1-2H3. The fourth-order valence-electron chi connectivity index (χ4n) is 3.35. The van der Waals surface area contributed by atoms with Gasteiger partial charge in [-0.15, -0.1) is 0 Å². The van der Waals surface area contributed by atoms with Crippen LogP contribution in [-0.4, -0.2) is 39.2 Å². The van der Waals surface area contributed by atoms with Crippen molar-refractivity contribution in [1.29, 1.82) is 0 Å². The first-order valence-corrected chi connectivity index (χ1v) is 9.23. The monoisotopic (exact) mass is 371 g/mol. The summed E-state index contributed by atoms with van der Waals surface area (Å²) in [6, 6.07) is 4.81. The Morgan fingerprint density at radius 1 is 1.52 bits per heavy atom. The highest BCUT2D eigenvalue weighted by Gasteiger charge is 2.30. The lowest BCUT2D eigenvalue weighted by Gasteiger charge is -2.28. The van der Waals surface area contributed by atoms with Gasteiger partial charge in [-0.3, -0.25) is 4.79 Å². The van der Waals surface area contributed by atoms with Gasteiger partial charge in [0.25, 0.3) is 0 Å². The van der Waals surface area contributed by atoms with Gasteiger partial charge >= 0.3 is 0 Å². The molecule has 0 amide bonds. The summed E-state index contributed by atoms with van der Waals surface area (Å²) in [5.74, 6) is -0.167. The van der Waals surface area contributed by atoms with Gasteiger partial charge < -0.3 is 14.8 Å². The molecule has 25 heavy (non-hydrogen) atoms. The Morgan fingerprint density at radius 3 is 3.00 bits per heavy atom. The van der Waals surface area contributed by atoms with Crippen LogP contribution in [0.5, 0.6) is 0 Å². The number of hydrogen-bond acceptors (Lipinski definition) is 4. The number of nitrogens with one attached hydrogen (secondary N) is 1. The van der Waals surface area contributed by atoms with Crippen LogP contribution in [0.1, 0.15) is 37.9 Å². The molecule has 3 unspecified atom stereocenters. The summed E-state index contributed by atoms with van der Waals surface area (Å²) < 4.78 is 24.9. The maximum absolute atomic E-state index is 13.9. The molecule has 1 heterocycles. The van der Waals surface area contributed by atoms with Crippen LogP contribution >= 0.6 is 11.6 Å². The van der Waals surface area contributed by atoms with Crippen LogP contribution in [0, 0.1) is 17.7 Å². The van der Waals surface area contributed by atoms with Gasteiger partial charge in [0, 0.05) is 38.5 Å². The molecule has 6 heteroatoms. The predicted octanol–water partition coefficient (Wildman–Crippen LogP) is 3.78. The van der Waals surface area contributed by atoms with E-state index in [-0.39, 0.29) is 28.7 Å². The highest BCUT2D eigenvalue weighted by molar-refractivity contribution is 6.30. The third kappa shape index (κ3) is 5.74. The summed E-state index contributed by atoms with van der Waals surface area (Å²) in [5, 5.41) is 3.46. The molecule has 0 radical (unpaired) electrons. The molecule has 0 aliphatic carbocycles. The van der Waals surface area contributed by atoms with Crippen LogP contribution in [0.3, 0.4) is 0 Å². The van der Waals surface area contributed by atoms with Crippen molar-refractivity contribution in [1.82, 2.24) is 5.32 Å². The van der Waals surface area contributed by atoms with Crippen LogP contribution in [0.15, 0.2) is 18.2 Å². The smallest absolute Gasteiger partial charge is 0.142 e. The molecule has 0 bridgehead atoms. The molecule has 140 valence electrons. The maximum Gasteiger partial charge on any atom is 0.142 e. The van der Waals surface area contributed by atoms with Gasteiger partial charge in [-0.05, 0) is 30.5 Å². The number of carbonyl (C=O) groups is 1. The van der Waals surface area contributed by atoms with Gasteiger partial charge in [0.2, 0.25) is 0 Å². The summed E-state index contributed by atoms with van der Waals surface area (Å²) in [4.78, 5) is 12.4. The first-order valence-electron chi connectivity index (χ1n) is 8.85. The highest BCUT2D eigenvalue weighted by Crippen LogP contribution is 2.34. The molecular weight excluding hydrogens is 345 g/mol. The van der Waals surface area contributed by atoms with Crippen LogP contribution in [-0.2, 0) is 14.3 Å². The third-order valence-corrected chi connectivity index (χ3v) is 5.08. The molecule has 0 saturated carbocycles. The number of methoxy groups -OCH3 is 1. The number of Topliss-reactive ketones (excluding diaryl/α,β-unsaturated/α-hetero) is 1. The molecule has 0 aromatic heterocycles. The van der Waals surface area contributed by atoms with Gasteiger partial charge in [-0.2, -0.15) is 0 Å². The largest absolute Gasteiger partial charge is 0.384 e. The minimum atomic E-state index is -0.443. The SMILES string of the molecule is CCC(CC1CNCCOC1c1ccc(Cl)c(F)c1)C(=O)CCOC. The zero-order valence-electron chi connectivity index (χ0n) is 14.9. The molecule has 4 nitrogen and oxygen atoms in total. The van der Waals surface area contributed by atoms with E-state index in [0.29, 0.717) is 26.1 Å². The maximum atomic E-state index is 13.9.